The Morgan fingerprint density at radius 1 is 0.784 bits per heavy atom. The van der Waals surface area contributed by atoms with Crippen molar-refractivity contribution in [3.63, 3.8) is 0 Å². The number of hydrogen-bond donors (Lipinski definition) is 10. The number of nitrogens with two attached hydrogens (primary N) is 1. The van der Waals surface area contributed by atoms with Crippen LogP contribution in [0.2, 0.25) is 0 Å². The van der Waals surface area contributed by atoms with Crippen molar-refractivity contribution >= 4 is 91.6 Å². The van der Waals surface area contributed by atoms with E-state index in [4.69, 9.17) is 34.8 Å². The molecule has 616 valence electrons. The summed E-state index contributed by atoms with van der Waals surface area (Å²) >= 11 is 1.40. The number of anilines is 3. The number of aliphatic hydroxyl groups excluding tert-OH is 4. The van der Waals surface area contributed by atoms with Crippen LogP contribution in [-0.4, -0.2) is 190 Å². The Morgan fingerprint density at radius 2 is 1.52 bits per heavy atom. The van der Waals surface area contributed by atoms with Crippen molar-refractivity contribution in [2.75, 3.05) is 54.9 Å². The predicted molar refractivity (Wildman–Crippen MR) is 428 cm³/mol. The van der Waals surface area contributed by atoms with Gasteiger partial charge in [0.2, 0.25) is 18.1 Å². The van der Waals surface area contributed by atoms with Crippen molar-refractivity contribution in [1.29, 1.82) is 0 Å². The summed E-state index contributed by atoms with van der Waals surface area (Å²) in [5.41, 5.74) is 10.7. The molecule has 2 unspecified atom stereocenters. The van der Waals surface area contributed by atoms with Gasteiger partial charge in [0.1, 0.15) is 54.4 Å². The maximum atomic E-state index is 14.6. The number of benzene rings is 4. The number of Topliss-reactive ketones (excluding diaryl/α,β-unsaturated/α-hetero) is 1. The first-order valence-corrected chi connectivity index (χ1v) is 40.5. The first kappa shape index (κ1) is 83.4. The van der Waals surface area contributed by atoms with Gasteiger partial charge in [-0.1, -0.05) is 94.0 Å². The molecular formula is C85H102N12O18S. The number of aliphatic hydroxyl groups is 4. The Hall–Kier alpha value is -10.5. The number of nitrogens with one attached hydrogen (secondary N) is 4. The van der Waals surface area contributed by atoms with Gasteiger partial charge in [0.05, 0.1) is 35.2 Å². The van der Waals surface area contributed by atoms with E-state index in [-0.39, 0.29) is 122 Å². The van der Waals surface area contributed by atoms with Crippen LogP contribution < -0.4 is 36.6 Å². The molecule has 7 aromatic rings. The number of nitrogens with zero attached hydrogens (tertiary/aromatic N) is 7. The number of carboxylic acids is 1. The largest absolute Gasteiger partial charge is 0.476 e. The number of unbranched alkanes of at least 4 members (excludes halogenated alkanes) is 2. The number of carbonyl (C=O) groups is 9. The van der Waals surface area contributed by atoms with Crippen LogP contribution in [0, 0.1) is 35.0 Å². The van der Waals surface area contributed by atoms with E-state index < -0.39 is 84.8 Å². The fourth-order valence-electron chi connectivity index (χ4n) is 18.8. The van der Waals surface area contributed by atoms with Gasteiger partial charge in [-0.2, -0.15) is 5.10 Å². The molecule has 8 amide bonds. The summed E-state index contributed by atoms with van der Waals surface area (Å²) in [6, 6.07) is 28.4. The molecule has 5 fully saturated rings. The van der Waals surface area contributed by atoms with Crippen LogP contribution in [0.1, 0.15) is 160 Å². The van der Waals surface area contributed by atoms with Crippen molar-refractivity contribution < 1.29 is 87.6 Å². The van der Waals surface area contributed by atoms with E-state index >= 15 is 0 Å². The molecule has 11 N–H and O–H groups in total. The van der Waals surface area contributed by atoms with Crippen LogP contribution >= 0.6 is 11.3 Å². The number of fused-ring (bicyclic) bond motifs is 2. The first-order chi connectivity index (χ1) is 55.5. The van der Waals surface area contributed by atoms with Gasteiger partial charge >= 0.3 is 18.1 Å². The summed E-state index contributed by atoms with van der Waals surface area (Å²) < 4.78 is 27.7. The monoisotopic (exact) mass is 1610 g/mol. The van der Waals surface area contributed by atoms with Gasteiger partial charge in [0.15, 0.2) is 10.8 Å². The van der Waals surface area contributed by atoms with E-state index in [1.54, 1.807) is 66.9 Å². The van der Waals surface area contributed by atoms with Gasteiger partial charge in [0.25, 0.3) is 17.7 Å². The van der Waals surface area contributed by atoms with Crippen LogP contribution in [-0.2, 0) is 70.8 Å². The fourth-order valence-corrected chi connectivity index (χ4v) is 19.7. The van der Waals surface area contributed by atoms with E-state index in [9.17, 15) is 68.7 Å². The quantitative estimate of drug-likeness (QED) is 0.0131. The zero-order valence-electron chi connectivity index (χ0n) is 65.8. The third-order valence-electron chi connectivity index (χ3n) is 23.4. The lowest BCUT2D eigenvalue weighted by Crippen LogP contribution is -2.64. The average Bonchev–Trinajstić information content (AvgIpc) is 1.08. The summed E-state index contributed by atoms with van der Waals surface area (Å²) in [5.74, 6) is -3.76. The van der Waals surface area contributed by atoms with Crippen molar-refractivity contribution in [3.05, 3.63) is 161 Å². The number of pyridine rings is 1. The van der Waals surface area contributed by atoms with E-state index in [1.807, 2.05) is 72.8 Å². The number of carbonyl (C=O) groups excluding carboxylic acids is 8. The Morgan fingerprint density at radius 3 is 2.22 bits per heavy atom. The highest BCUT2D eigenvalue weighted by Gasteiger charge is 2.66. The zero-order valence-corrected chi connectivity index (χ0v) is 66.6. The van der Waals surface area contributed by atoms with Crippen molar-refractivity contribution in [2.45, 2.75) is 193 Å². The van der Waals surface area contributed by atoms with Crippen molar-refractivity contribution in [3.8, 4) is 16.9 Å². The summed E-state index contributed by atoms with van der Waals surface area (Å²) in [4.78, 5) is 133. The molecule has 30 nitrogen and oxygen atoms in total. The van der Waals surface area contributed by atoms with Crippen LogP contribution in [0.4, 0.5) is 26.2 Å². The maximum absolute atomic E-state index is 14.6. The molecule has 0 radical (unpaired) electrons. The normalized spacial score (nSPS) is 23.8. The maximum Gasteiger partial charge on any atom is 0.410 e. The zero-order chi connectivity index (χ0) is 82.4. The Labute approximate surface area is 675 Å². The molecule has 14 rings (SSSR count). The van der Waals surface area contributed by atoms with Crippen molar-refractivity contribution in [1.82, 2.24) is 40.2 Å². The molecule has 31 heteroatoms. The smallest absolute Gasteiger partial charge is 0.410 e. The Kier molecular flexibility index (Phi) is 25.5. The molecule has 4 bridgehead atoms. The molecule has 4 aromatic carbocycles. The number of aromatic carboxylic acids is 1. The number of aromatic nitrogens is 4. The molecule has 3 aliphatic heterocycles. The number of primary amides is 1. The number of urea groups is 1. The SMILES string of the molecule is Cc1c(-c2ccc(N3CCc4cccc(C(=O)Nc5nc6ccccc6s5)c4C3)nc2C(=O)O)cnn1CC12CC3(C)CC(C)(C1)CC(OCCN(Cc1ccc(O[C@@H]4O[C@H](CO)[C@@H](O)[C@@H](O)[C@H]4O)cc1)C(=O)OCc1ccc(NC(=O)[C@H](CCCNC(N)=O)NC(=O)[C@@H](CC(=O)CCCCCN4C(=O)C=CC4=O)C(C)C)cc1)(C3)C2. The van der Waals surface area contributed by atoms with Gasteiger partial charge in [-0.15, -0.1) is 0 Å². The molecule has 3 aromatic heterocycles. The number of imide groups is 1. The van der Waals surface area contributed by atoms with Gasteiger partial charge < -0.3 is 76.0 Å². The number of ether oxygens (including phenoxy) is 4. The lowest BCUT2D eigenvalue weighted by atomic mass is 9.39. The summed E-state index contributed by atoms with van der Waals surface area (Å²) in [5, 5.41) is 68.9. The molecule has 1 saturated heterocycles. The number of carboxylic acid groups (broad SMARTS) is 1. The number of amides is 8. The second kappa shape index (κ2) is 35.5. The lowest BCUT2D eigenvalue weighted by molar-refractivity contribution is -0.277. The highest BCUT2D eigenvalue weighted by atomic mass is 32.1. The standard InChI is InChI=1S/C85H102N12O18S/c1-50(2)60(37-56(99)14-7-6-10-33-96-68(100)29-30-69(96)101)75(106)90-64(17-12-32-87-79(86)110)76(107)89-55-23-19-53(20-24-55)42-112-81(111)95(39-52-21-25-57(26-22-52)114-78-73(104)72(103)71(102)65(41-98)115-78)35-36-113-85-46-82(4)43-83(5,47-85)45-84(44-82,48-85)49-97-51(3)61(38-88-97)58-27-28-67(92-70(58)77(108)109)94-34-31-54-13-11-15-59(62(54)40-94)74(105)93-80-91-63-16-8-9-18-66(63)116-80/h8-9,11,13,15-16,18-30,38,50,60,64-65,71-73,78,98,102-104H,6-7,10,12,14,17,31-37,39-49H2,1-5H3,(H,89,107)(H,90,106)(H,108,109)(H3,86,87,110)(H,91,93,105)/t60-,64-,65+,71+,72+,73+,78+,82?,83?,84?,85?/m0/s1. The Bertz CT molecular complexity index is 4790. The van der Waals surface area contributed by atoms with Crippen LogP contribution in [0.3, 0.4) is 0 Å². The fraction of sp³-hybridized carbons (Fsp3) is 0.482. The molecule has 9 atom stereocenters. The number of hydrogen-bond acceptors (Lipinski definition) is 22. The lowest BCUT2D eigenvalue weighted by Gasteiger charge is -2.69. The molecule has 6 heterocycles. The Balaban J connectivity index is 0.665. The number of para-hydroxylation sites is 1. The van der Waals surface area contributed by atoms with E-state index in [2.05, 4.69) is 40.1 Å². The third-order valence-corrected chi connectivity index (χ3v) is 24.4. The molecule has 4 aliphatic carbocycles. The summed E-state index contributed by atoms with van der Waals surface area (Å²) in [6.45, 7) is 11.5. The summed E-state index contributed by atoms with van der Waals surface area (Å²) in [7, 11) is 0. The number of rotatable bonds is 35. The minimum absolute atomic E-state index is 0.0427. The minimum Gasteiger partial charge on any atom is -0.476 e. The highest BCUT2D eigenvalue weighted by Crippen LogP contribution is 2.72. The molecule has 4 saturated carbocycles. The molecule has 0 spiro atoms. The van der Waals surface area contributed by atoms with Crippen LogP contribution in [0.5, 0.6) is 5.75 Å². The molecular weight excluding hydrogens is 1510 g/mol. The second-order valence-electron chi connectivity index (χ2n) is 33.1. The van der Waals surface area contributed by atoms with Crippen molar-refractivity contribution in [2.24, 2.45) is 33.8 Å². The molecule has 7 aliphatic rings. The van der Waals surface area contributed by atoms with E-state index in [1.165, 1.54) is 28.4 Å². The average molecular weight is 1610 g/mol. The third kappa shape index (κ3) is 19.4. The van der Waals surface area contributed by atoms with E-state index in [0.717, 1.165) is 64.0 Å². The number of ketones is 1. The number of thiazole rings is 1. The topological polar surface area (TPSA) is 419 Å². The summed E-state index contributed by atoms with van der Waals surface area (Å²) in [6.07, 6.45) is 3.84. The minimum atomic E-state index is -1.66. The van der Waals surface area contributed by atoms with E-state index in [0.29, 0.717) is 96.2 Å². The van der Waals surface area contributed by atoms with Crippen LogP contribution in [0.15, 0.2) is 121 Å². The van der Waals surface area contributed by atoms with Gasteiger partial charge in [-0.25, -0.2) is 24.4 Å². The van der Waals surface area contributed by atoms with Crippen LogP contribution in [0.25, 0.3) is 21.3 Å². The highest BCUT2D eigenvalue weighted by molar-refractivity contribution is 7.22. The predicted octanol–water partition coefficient (Wildman–Crippen LogP) is 9.12. The van der Waals surface area contributed by atoms with Gasteiger partial charge in [-0.05, 0) is 177 Å². The first-order valence-electron chi connectivity index (χ1n) is 39.7. The second-order valence-corrected chi connectivity index (χ2v) is 34.2. The molecule has 116 heavy (non-hydrogen) atoms. The van der Waals surface area contributed by atoms with Gasteiger partial charge in [-0.3, -0.25) is 43.7 Å². The van der Waals surface area contributed by atoms with Gasteiger partial charge in [0, 0.05) is 105 Å².